The number of hydrogen-bond acceptors (Lipinski definition) is 4. The molecule has 0 saturated heterocycles. The van der Waals surface area contributed by atoms with Crippen LogP contribution in [0.3, 0.4) is 0 Å². The Kier molecular flexibility index (Phi) is 6.84. The molecule has 6 nitrogen and oxygen atoms in total. The number of esters is 1. The first-order valence-electron chi connectivity index (χ1n) is 7.71. The van der Waals surface area contributed by atoms with Crippen LogP contribution in [0.25, 0.3) is 0 Å². The van der Waals surface area contributed by atoms with E-state index in [1.165, 1.54) is 0 Å². The molecule has 0 atom stereocenters. The van der Waals surface area contributed by atoms with Crippen molar-refractivity contribution in [3.63, 3.8) is 0 Å². The molecule has 0 aromatic heterocycles. The van der Waals surface area contributed by atoms with Gasteiger partial charge >= 0.3 is 5.97 Å². The lowest BCUT2D eigenvalue weighted by molar-refractivity contribution is -0.146. The van der Waals surface area contributed by atoms with Crippen molar-refractivity contribution in [1.82, 2.24) is 5.32 Å². The molecule has 0 aliphatic rings. The van der Waals surface area contributed by atoms with Gasteiger partial charge in [-0.15, -0.1) is 0 Å². The Morgan fingerprint density at radius 2 is 1.85 bits per heavy atom. The third-order valence-electron chi connectivity index (χ3n) is 3.39. The SMILES string of the molecule is Cc1ccc(NC(=O)COC(=O)CNC(=O)c2ccc(F)cc2F)cc1Cl. The zero-order chi connectivity index (χ0) is 20.0. The van der Waals surface area contributed by atoms with E-state index in [0.717, 1.165) is 17.7 Å². The third-order valence-corrected chi connectivity index (χ3v) is 3.80. The van der Waals surface area contributed by atoms with Crippen molar-refractivity contribution >= 4 is 35.1 Å². The highest BCUT2D eigenvalue weighted by Gasteiger charge is 2.15. The van der Waals surface area contributed by atoms with Gasteiger partial charge in [0.25, 0.3) is 11.8 Å². The number of anilines is 1. The van der Waals surface area contributed by atoms with Gasteiger partial charge in [0, 0.05) is 16.8 Å². The van der Waals surface area contributed by atoms with Crippen molar-refractivity contribution in [2.75, 3.05) is 18.5 Å². The van der Waals surface area contributed by atoms with Crippen LogP contribution >= 0.6 is 11.6 Å². The second-order valence-electron chi connectivity index (χ2n) is 5.48. The molecule has 27 heavy (non-hydrogen) atoms. The molecule has 2 aromatic carbocycles. The smallest absolute Gasteiger partial charge is 0.325 e. The quantitative estimate of drug-likeness (QED) is 0.735. The summed E-state index contributed by atoms with van der Waals surface area (Å²) in [7, 11) is 0. The Labute approximate surface area is 158 Å². The predicted molar refractivity (Wildman–Crippen MR) is 94.5 cm³/mol. The van der Waals surface area contributed by atoms with E-state index >= 15 is 0 Å². The third kappa shape index (κ3) is 6.03. The summed E-state index contributed by atoms with van der Waals surface area (Å²) in [5.74, 6) is -4.30. The number of rotatable bonds is 6. The molecule has 0 saturated carbocycles. The molecule has 142 valence electrons. The Morgan fingerprint density at radius 3 is 2.52 bits per heavy atom. The summed E-state index contributed by atoms with van der Waals surface area (Å²) in [4.78, 5) is 35.1. The maximum Gasteiger partial charge on any atom is 0.325 e. The van der Waals surface area contributed by atoms with Gasteiger partial charge in [0.05, 0.1) is 5.56 Å². The summed E-state index contributed by atoms with van der Waals surface area (Å²) >= 11 is 5.94. The number of carbonyl (C=O) groups is 3. The molecule has 0 heterocycles. The van der Waals surface area contributed by atoms with Crippen LogP contribution in [-0.2, 0) is 14.3 Å². The van der Waals surface area contributed by atoms with E-state index < -0.39 is 48.1 Å². The van der Waals surface area contributed by atoms with Gasteiger partial charge in [-0.3, -0.25) is 14.4 Å². The van der Waals surface area contributed by atoms with E-state index in [1.54, 1.807) is 18.2 Å². The van der Waals surface area contributed by atoms with Gasteiger partial charge in [-0.2, -0.15) is 0 Å². The van der Waals surface area contributed by atoms with Crippen LogP contribution in [0.2, 0.25) is 5.02 Å². The second kappa shape index (κ2) is 9.09. The molecule has 0 aliphatic carbocycles. The number of nitrogens with one attached hydrogen (secondary N) is 2. The van der Waals surface area contributed by atoms with Crippen molar-refractivity contribution in [2.24, 2.45) is 0 Å². The Balaban J connectivity index is 1.77. The fourth-order valence-electron chi connectivity index (χ4n) is 1.99. The Morgan fingerprint density at radius 1 is 1.11 bits per heavy atom. The van der Waals surface area contributed by atoms with Crippen LogP contribution in [0, 0.1) is 18.6 Å². The van der Waals surface area contributed by atoms with Gasteiger partial charge in [0.1, 0.15) is 18.2 Å². The van der Waals surface area contributed by atoms with E-state index in [0.29, 0.717) is 16.8 Å². The van der Waals surface area contributed by atoms with Crippen LogP contribution in [0.5, 0.6) is 0 Å². The van der Waals surface area contributed by atoms with E-state index in [9.17, 15) is 23.2 Å². The maximum absolute atomic E-state index is 13.5. The number of hydrogen-bond donors (Lipinski definition) is 2. The van der Waals surface area contributed by atoms with Crippen LogP contribution in [0.1, 0.15) is 15.9 Å². The summed E-state index contributed by atoms with van der Waals surface area (Å²) in [5, 5.41) is 5.09. The molecule has 2 amide bonds. The fourth-order valence-corrected chi connectivity index (χ4v) is 2.17. The lowest BCUT2D eigenvalue weighted by atomic mass is 10.2. The average Bonchev–Trinajstić information content (AvgIpc) is 2.61. The molecule has 2 rings (SSSR count). The first-order chi connectivity index (χ1) is 12.8. The number of ether oxygens (including phenoxy) is 1. The predicted octanol–water partition coefficient (Wildman–Crippen LogP) is 2.84. The molecule has 2 N–H and O–H groups in total. The topological polar surface area (TPSA) is 84.5 Å². The molecule has 0 radical (unpaired) electrons. The minimum atomic E-state index is -1.06. The largest absolute Gasteiger partial charge is 0.454 e. The van der Waals surface area contributed by atoms with Gasteiger partial charge in [0.2, 0.25) is 0 Å². The standard InChI is InChI=1S/C18H15ClF2N2O4/c1-10-2-4-12(7-14(10)19)23-16(24)9-27-17(25)8-22-18(26)13-5-3-11(20)6-15(13)21/h2-7H,8-9H2,1H3,(H,22,26)(H,23,24). The second-order valence-corrected chi connectivity index (χ2v) is 5.89. The molecular weight excluding hydrogens is 382 g/mol. The number of aryl methyl sites for hydroxylation is 1. The Hall–Kier alpha value is -3.00. The molecule has 0 aliphatic heterocycles. The van der Waals surface area contributed by atoms with E-state index in [2.05, 4.69) is 10.6 Å². The molecule has 0 fully saturated rings. The lowest BCUT2D eigenvalue weighted by Crippen LogP contribution is -2.32. The van der Waals surface area contributed by atoms with Gasteiger partial charge in [-0.05, 0) is 36.8 Å². The van der Waals surface area contributed by atoms with Gasteiger partial charge in [-0.1, -0.05) is 17.7 Å². The van der Waals surface area contributed by atoms with Crippen LogP contribution in [0.4, 0.5) is 14.5 Å². The number of halogens is 3. The summed E-state index contributed by atoms with van der Waals surface area (Å²) in [6.45, 7) is 0.645. The summed E-state index contributed by atoms with van der Waals surface area (Å²) in [6.07, 6.45) is 0. The number of amides is 2. The highest BCUT2D eigenvalue weighted by atomic mass is 35.5. The van der Waals surface area contributed by atoms with Crippen LogP contribution in [-0.4, -0.2) is 30.9 Å². The van der Waals surface area contributed by atoms with Crippen molar-refractivity contribution < 1.29 is 27.9 Å². The molecule has 0 unspecified atom stereocenters. The molecule has 0 spiro atoms. The highest BCUT2D eigenvalue weighted by molar-refractivity contribution is 6.31. The zero-order valence-electron chi connectivity index (χ0n) is 14.1. The van der Waals surface area contributed by atoms with E-state index in [4.69, 9.17) is 16.3 Å². The first kappa shape index (κ1) is 20.3. The number of benzene rings is 2. The van der Waals surface area contributed by atoms with E-state index in [1.807, 2.05) is 6.92 Å². The summed E-state index contributed by atoms with van der Waals surface area (Å²) < 4.78 is 31.0. The van der Waals surface area contributed by atoms with Gasteiger partial charge in [-0.25, -0.2) is 8.78 Å². The minimum absolute atomic E-state index is 0.418. The zero-order valence-corrected chi connectivity index (χ0v) is 14.9. The van der Waals surface area contributed by atoms with Crippen molar-refractivity contribution in [1.29, 1.82) is 0 Å². The minimum Gasteiger partial charge on any atom is -0.454 e. The molecule has 9 heteroatoms. The summed E-state index contributed by atoms with van der Waals surface area (Å²) in [5.41, 5.74) is 0.861. The molecule has 2 aromatic rings. The van der Waals surface area contributed by atoms with Crippen molar-refractivity contribution in [2.45, 2.75) is 6.92 Å². The van der Waals surface area contributed by atoms with Crippen molar-refractivity contribution in [3.8, 4) is 0 Å². The lowest BCUT2D eigenvalue weighted by Gasteiger charge is -2.09. The van der Waals surface area contributed by atoms with Gasteiger partial charge < -0.3 is 15.4 Å². The molecule has 0 bridgehead atoms. The average molecular weight is 397 g/mol. The highest BCUT2D eigenvalue weighted by Crippen LogP contribution is 2.19. The first-order valence-corrected chi connectivity index (χ1v) is 8.09. The van der Waals surface area contributed by atoms with Crippen LogP contribution < -0.4 is 10.6 Å². The van der Waals surface area contributed by atoms with Crippen LogP contribution in [0.15, 0.2) is 36.4 Å². The summed E-state index contributed by atoms with van der Waals surface area (Å²) in [6, 6.07) is 7.32. The van der Waals surface area contributed by atoms with E-state index in [-0.39, 0.29) is 0 Å². The maximum atomic E-state index is 13.5. The monoisotopic (exact) mass is 396 g/mol. The Bertz CT molecular complexity index is 890. The fraction of sp³-hybridized carbons (Fsp3) is 0.167. The molecular formula is C18H15ClF2N2O4. The normalized spacial score (nSPS) is 10.2. The van der Waals surface area contributed by atoms with Crippen molar-refractivity contribution in [3.05, 3.63) is 64.2 Å². The number of carbonyl (C=O) groups excluding carboxylic acids is 3. The van der Waals surface area contributed by atoms with Gasteiger partial charge in [0.15, 0.2) is 6.61 Å².